The van der Waals surface area contributed by atoms with E-state index in [1.807, 2.05) is 42.7 Å². The Morgan fingerprint density at radius 1 is 0.963 bits per heavy atom. The molecule has 0 N–H and O–H groups in total. The molecule has 3 nitrogen and oxygen atoms in total. The van der Waals surface area contributed by atoms with E-state index >= 15 is 0 Å². The number of rotatable bonds is 5. The van der Waals surface area contributed by atoms with Gasteiger partial charge in [-0.2, -0.15) is 0 Å². The number of aryl methyl sites for hydroxylation is 3. The summed E-state index contributed by atoms with van der Waals surface area (Å²) in [5.74, 6) is 0.155. The molecule has 1 heterocycles. The highest BCUT2D eigenvalue weighted by molar-refractivity contribution is 5.99. The van der Waals surface area contributed by atoms with Crippen molar-refractivity contribution in [1.29, 1.82) is 0 Å². The van der Waals surface area contributed by atoms with Crippen LogP contribution in [0.25, 0.3) is 16.7 Å². The molecule has 0 atom stereocenters. The lowest BCUT2D eigenvalue weighted by Crippen LogP contribution is -2.01. The molecule has 134 valence electrons. The Labute approximate surface area is 159 Å². The van der Waals surface area contributed by atoms with Crippen LogP contribution in [-0.4, -0.2) is 15.3 Å². The number of ketones is 1. The van der Waals surface area contributed by atoms with Crippen molar-refractivity contribution in [3.63, 3.8) is 0 Å². The van der Waals surface area contributed by atoms with Gasteiger partial charge in [0.1, 0.15) is 6.33 Å². The quantitative estimate of drug-likeness (QED) is 0.446. The van der Waals surface area contributed by atoms with Crippen molar-refractivity contribution in [3.05, 3.63) is 95.3 Å². The molecule has 0 radical (unpaired) electrons. The minimum atomic E-state index is 0.155. The van der Waals surface area contributed by atoms with E-state index in [-0.39, 0.29) is 5.78 Å². The summed E-state index contributed by atoms with van der Waals surface area (Å²) in [7, 11) is 0. The predicted molar refractivity (Wildman–Crippen MR) is 110 cm³/mol. The molecule has 0 spiro atoms. The Bertz CT molecular complexity index is 1110. The fourth-order valence-electron chi connectivity index (χ4n) is 3.40. The number of imidazole rings is 1. The normalized spacial score (nSPS) is 11.0. The number of fused-ring (bicyclic) bond motifs is 1. The number of hydrogen-bond acceptors (Lipinski definition) is 2. The molecule has 1 aromatic heterocycles. The van der Waals surface area contributed by atoms with Crippen molar-refractivity contribution >= 4 is 16.8 Å². The number of Topliss-reactive ketones (excluding diaryl/α,β-unsaturated/α-hetero) is 1. The Morgan fingerprint density at radius 2 is 1.78 bits per heavy atom. The van der Waals surface area contributed by atoms with Crippen LogP contribution in [0.2, 0.25) is 0 Å². The van der Waals surface area contributed by atoms with Crippen LogP contribution < -0.4 is 0 Å². The minimum Gasteiger partial charge on any atom is -0.299 e. The van der Waals surface area contributed by atoms with Gasteiger partial charge in [0, 0.05) is 12.0 Å². The highest BCUT2D eigenvalue weighted by atomic mass is 16.1. The van der Waals surface area contributed by atoms with Gasteiger partial charge >= 0.3 is 0 Å². The third-order valence-corrected chi connectivity index (χ3v) is 4.98. The van der Waals surface area contributed by atoms with E-state index in [0.29, 0.717) is 6.42 Å². The Morgan fingerprint density at radius 3 is 2.59 bits per heavy atom. The zero-order chi connectivity index (χ0) is 18.8. The highest BCUT2D eigenvalue weighted by Crippen LogP contribution is 2.23. The van der Waals surface area contributed by atoms with Gasteiger partial charge in [0.05, 0.1) is 16.7 Å². The minimum absolute atomic E-state index is 0.155. The summed E-state index contributed by atoms with van der Waals surface area (Å²) >= 11 is 0. The summed E-state index contributed by atoms with van der Waals surface area (Å²) in [6.45, 7) is 4.19. The Hall–Kier alpha value is -3.20. The Kier molecular flexibility index (Phi) is 4.59. The average molecular weight is 354 g/mol. The predicted octanol–water partition coefficient (Wildman–Crippen LogP) is 5.46. The lowest BCUT2D eigenvalue weighted by molar-refractivity contribution is 0.0983. The summed E-state index contributed by atoms with van der Waals surface area (Å²) in [5, 5.41) is 0. The molecule has 0 aliphatic heterocycles. The smallest absolute Gasteiger partial charge is 0.163 e. The Balaban J connectivity index is 1.60. The van der Waals surface area contributed by atoms with E-state index < -0.39 is 0 Å². The molecular formula is C24H22N2O. The molecule has 0 saturated heterocycles. The number of benzene rings is 3. The van der Waals surface area contributed by atoms with Crippen molar-refractivity contribution < 1.29 is 4.79 Å². The first-order valence-corrected chi connectivity index (χ1v) is 9.24. The average Bonchev–Trinajstić information content (AvgIpc) is 3.12. The van der Waals surface area contributed by atoms with Crippen LogP contribution in [0, 0.1) is 13.8 Å². The zero-order valence-electron chi connectivity index (χ0n) is 15.6. The van der Waals surface area contributed by atoms with Crippen LogP contribution >= 0.6 is 0 Å². The van der Waals surface area contributed by atoms with Crippen molar-refractivity contribution in [2.75, 3.05) is 0 Å². The summed E-state index contributed by atoms with van der Waals surface area (Å²) in [4.78, 5) is 17.1. The molecule has 0 aliphatic carbocycles. The van der Waals surface area contributed by atoms with E-state index in [9.17, 15) is 4.79 Å². The summed E-state index contributed by atoms with van der Waals surface area (Å²) < 4.78 is 2.09. The molecule has 0 amide bonds. The van der Waals surface area contributed by atoms with Crippen LogP contribution in [0.4, 0.5) is 0 Å². The van der Waals surface area contributed by atoms with Gasteiger partial charge < -0.3 is 0 Å². The van der Waals surface area contributed by atoms with Crippen LogP contribution in [0.1, 0.15) is 33.5 Å². The first-order valence-electron chi connectivity index (χ1n) is 9.24. The van der Waals surface area contributed by atoms with Gasteiger partial charge in [0.15, 0.2) is 5.78 Å². The standard InChI is InChI=1S/C24H22N2O/c1-17-8-9-18(2)23(14-17)26-16-25-21-15-20(11-12-22(21)26)24(27)13-10-19-6-4-3-5-7-19/h3-9,11-12,14-16H,10,13H2,1-2H3. The fourth-order valence-corrected chi connectivity index (χ4v) is 3.40. The molecular weight excluding hydrogens is 332 g/mol. The largest absolute Gasteiger partial charge is 0.299 e. The summed E-state index contributed by atoms with van der Waals surface area (Å²) in [5.41, 5.74) is 7.31. The van der Waals surface area contributed by atoms with E-state index in [2.05, 4.69) is 53.7 Å². The molecule has 0 fully saturated rings. The first kappa shape index (κ1) is 17.2. The highest BCUT2D eigenvalue weighted by Gasteiger charge is 2.11. The maximum atomic E-state index is 12.6. The van der Waals surface area contributed by atoms with Crippen molar-refractivity contribution in [1.82, 2.24) is 9.55 Å². The van der Waals surface area contributed by atoms with Gasteiger partial charge in [-0.15, -0.1) is 0 Å². The number of carbonyl (C=O) groups is 1. The fraction of sp³-hybridized carbons (Fsp3) is 0.167. The van der Waals surface area contributed by atoms with Crippen molar-refractivity contribution in [2.45, 2.75) is 26.7 Å². The van der Waals surface area contributed by atoms with Crippen molar-refractivity contribution in [2.24, 2.45) is 0 Å². The van der Waals surface area contributed by atoms with E-state index in [0.717, 1.165) is 28.7 Å². The van der Waals surface area contributed by atoms with Gasteiger partial charge in [-0.3, -0.25) is 9.36 Å². The number of aromatic nitrogens is 2. The second-order valence-electron chi connectivity index (χ2n) is 7.02. The maximum absolute atomic E-state index is 12.6. The molecule has 0 saturated carbocycles. The van der Waals surface area contributed by atoms with Gasteiger partial charge in [-0.05, 0) is 61.2 Å². The summed E-state index contributed by atoms with van der Waals surface area (Å²) in [6.07, 6.45) is 3.10. The van der Waals surface area contributed by atoms with E-state index in [1.165, 1.54) is 16.7 Å². The second-order valence-corrected chi connectivity index (χ2v) is 7.02. The van der Waals surface area contributed by atoms with E-state index in [4.69, 9.17) is 0 Å². The first-order chi connectivity index (χ1) is 13.1. The van der Waals surface area contributed by atoms with Crippen LogP contribution in [0.5, 0.6) is 0 Å². The SMILES string of the molecule is Cc1ccc(C)c(-n2cnc3cc(C(=O)CCc4ccccc4)ccc32)c1. The molecule has 0 unspecified atom stereocenters. The molecule has 27 heavy (non-hydrogen) atoms. The molecule has 3 heteroatoms. The number of hydrogen-bond donors (Lipinski definition) is 0. The maximum Gasteiger partial charge on any atom is 0.163 e. The summed E-state index contributed by atoms with van der Waals surface area (Å²) in [6, 6.07) is 22.3. The van der Waals surface area contributed by atoms with Gasteiger partial charge in [0.25, 0.3) is 0 Å². The van der Waals surface area contributed by atoms with E-state index in [1.54, 1.807) is 0 Å². The zero-order valence-corrected chi connectivity index (χ0v) is 15.6. The van der Waals surface area contributed by atoms with Gasteiger partial charge in [-0.25, -0.2) is 4.98 Å². The molecule has 4 aromatic rings. The lowest BCUT2D eigenvalue weighted by atomic mass is 10.0. The van der Waals surface area contributed by atoms with Crippen LogP contribution in [0.15, 0.2) is 73.1 Å². The number of nitrogens with zero attached hydrogens (tertiary/aromatic N) is 2. The molecule has 3 aromatic carbocycles. The topological polar surface area (TPSA) is 34.9 Å². The monoisotopic (exact) mass is 354 g/mol. The molecule has 0 bridgehead atoms. The third-order valence-electron chi connectivity index (χ3n) is 4.98. The lowest BCUT2D eigenvalue weighted by Gasteiger charge is -2.09. The number of carbonyl (C=O) groups excluding carboxylic acids is 1. The molecule has 4 rings (SSSR count). The van der Waals surface area contributed by atoms with Crippen LogP contribution in [-0.2, 0) is 6.42 Å². The third kappa shape index (κ3) is 3.54. The van der Waals surface area contributed by atoms with Gasteiger partial charge in [-0.1, -0.05) is 42.5 Å². The van der Waals surface area contributed by atoms with Crippen LogP contribution in [0.3, 0.4) is 0 Å². The van der Waals surface area contributed by atoms with Crippen molar-refractivity contribution in [3.8, 4) is 5.69 Å². The van der Waals surface area contributed by atoms with Gasteiger partial charge in [0.2, 0.25) is 0 Å². The second kappa shape index (κ2) is 7.20. The molecule has 0 aliphatic rings.